The van der Waals surface area contributed by atoms with Crippen molar-refractivity contribution in [1.82, 2.24) is 0 Å². The standard InChI is InChI=1S/C4H6F2S/c5-4(6)1-3(7)2-4/h3,7H,1-2H2. The molecule has 0 aromatic rings. The van der Waals surface area contributed by atoms with Crippen molar-refractivity contribution in [3.63, 3.8) is 0 Å². The molecule has 1 rings (SSSR count). The first-order valence-electron chi connectivity index (χ1n) is 2.16. The maximum Gasteiger partial charge on any atom is 0.250 e. The molecule has 0 saturated heterocycles. The van der Waals surface area contributed by atoms with Crippen molar-refractivity contribution in [1.29, 1.82) is 0 Å². The topological polar surface area (TPSA) is 0 Å². The number of hydrogen-bond donors (Lipinski definition) is 1. The Labute approximate surface area is 46.3 Å². The summed E-state index contributed by atoms with van der Waals surface area (Å²) in [4.78, 5) is 0. The predicted octanol–water partition coefficient (Wildman–Crippen LogP) is 1.71. The van der Waals surface area contributed by atoms with Crippen LogP contribution in [0.4, 0.5) is 8.78 Å². The van der Waals surface area contributed by atoms with Crippen LogP contribution in [0.3, 0.4) is 0 Å². The lowest BCUT2D eigenvalue weighted by Gasteiger charge is -2.30. The molecule has 0 bridgehead atoms. The summed E-state index contributed by atoms with van der Waals surface area (Å²) in [6.07, 6.45) is -0.0633. The number of rotatable bonds is 0. The molecule has 0 nitrogen and oxygen atoms in total. The van der Waals surface area contributed by atoms with Gasteiger partial charge in [-0.3, -0.25) is 0 Å². The molecule has 7 heavy (non-hydrogen) atoms. The van der Waals surface area contributed by atoms with Gasteiger partial charge in [-0.05, 0) is 0 Å². The fraction of sp³-hybridized carbons (Fsp3) is 1.00. The molecule has 0 unspecified atom stereocenters. The van der Waals surface area contributed by atoms with E-state index in [4.69, 9.17) is 0 Å². The summed E-state index contributed by atoms with van der Waals surface area (Å²) < 4.78 is 23.5. The van der Waals surface area contributed by atoms with Gasteiger partial charge in [0, 0.05) is 18.1 Å². The van der Waals surface area contributed by atoms with Crippen LogP contribution in [0.2, 0.25) is 0 Å². The monoisotopic (exact) mass is 124 g/mol. The van der Waals surface area contributed by atoms with Crippen LogP contribution in [0.15, 0.2) is 0 Å². The van der Waals surface area contributed by atoms with Gasteiger partial charge in [0.15, 0.2) is 0 Å². The smallest absolute Gasteiger partial charge is 0.207 e. The molecular formula is C4H6F2S. The predicted molar refractivity (Wildman–Crippen MR) is 27.0 cm³/mol. The fourth-order valence-corrected chi connectivity index (χ4v) is 1.16. The van der Waals surface area contributed by atoms with E-state index in [-0.39, 0.29) is 18.1 Å². The lowest BCUT2D eigenvalue weighted by Crippen LogP contribution is -2.35. The minimum atomic E-state index is -2.38. The van der Waals surface area contributed by atoms with E-state index in [9.17, 15) is 8.78 Å². The number of hydrogen-bond acceptors (Lipinski definition) is 1. The first-order valence-corrected chi connectivity index (χ1v) is 2.68. The molecule has 0 aromatic heterocycles. The second kappa shape index (κ2) is 1.34. The van der Waals surface area contributed by atoms with Crippen molar-refractivity contribution < 1.29 is 8.78 Å². The summed E-state index contributed by atoms with van der Waals surface area (Å²) in [5, 5.41) is -0.0463. The molecule has 3 heteroatoms. The van der Waals surface area contributed by atoms with E-state index in [0.717, 1.165) is 0 Å². The van der Waals surface area contributed by atoms with E-state index in [2.05, 4.69) is 12.6 Å². The van der Waals surface area contributed by atoms with Crippen molar-refractivity contribution >= 4 is 12.6 Å². The van der Waals surface area contributed by atoms with Crippen molar-refractivity contribution in [3.8, 4) is 0 Å². The van der Waals surface area contributed by atoms with Crippen molar-refractivity contribution in [2.75, 3.05) is 0 Å². The van der Waals surface area contributed by atoms with Crippen LogP contribution in [0, 0.1) is 0 Å². The summed E-state index contributed by atoms with van der Waals surface area (Å²) in [6, 6.07) is 0. The Morgan fingerprint density at radius 2 is 1.86 bits per heavy atom. The van der Waals surface area contributed by atoms with Gasteiger partial charge in [0.05, 0.1) is 0 Å². The van der Waals surface area contributed by atoms with Crippen molar-refractivity contribution in [3.05, 3.63) is 0 Å². The Morgan fingerprint density at radius 1 is 1.43 bits per heavy atom. The van der Waals surface area contributed by atoms with E-state index in [1.54, 1.807) is 0 Å². The van der Waals surface area contributed by atoms with E-state index in [1.807, 2.05) is 0 Å². The maximum atomic E-state index is 11.7. The first-order chi connectivity index (χ1) is 3.10. The highest BCUT2D eigenvalue weighted by Crippen LogP contribution is 2.40. The van der Waals surface area contributed by atoms with Crippen LogP contribution < -0.4 is 0 Å². The van der Waals surface area contributed by atoms with Crippen LogP contribution in [0.1, 0.15) is 12.8 Å². The van der Waals surface area contributed by atoms with Gasteiger partial charge in [-0.1, -0.05) is 0 Å². The molecule has 1 aliphatic rings. The first kappa shape index (κ1) is 5.35. The number of thiol groups is 1. The van der Waals surface area contributed by atoms with Crippen LogP contribution in [0.5, 0.6) is 0 Å². The highest BCUT2D eigenvalue weighted by Gasteiger charge is 2.43. The van der Waals surface area contributed by atoms with Gasteiger partial charge in [-0.25, -0.2) is 8.78 Å². The average molecular weight is 124 g/mol. The summed E-state index contributed by atoms with van der Waals surface area (Å²) in [6.45, 7) is 0. The normalized spacial score (nSPS) is 29.6. The lowest BCUT2D eigenvalue weighted by molar-refractivity contribution is -0.0662. The van der Waals surface area contributed by atoms with E-state index in [1.165, 1.54) is 0 Å². The molecule has 0 radical (unpaired) electrons. The van der Waals surface area contributed by atoms with Gasteiger partial charge in [0.1, 0.15) is 0 Å². The zero-order valence-corrected chi connectivity index (χ0v) is 4.59. The second-order valence-electron chi connectivity index (χ2n) is 1.92. The molecule has 0 atom stereocenters. The van der Waals surface area contributed by atoms with Gasteiger partial charge < -0.3 is 0 Å². The third-order valence-corrected chi connectivity index (χ3v) is 1.43. The van der Waals surface area contributed by atoms with Crippen LogP contribution >= 0.6 is 12.6 Å². The molecule has 0 amide bonds. The molecule has 0 N–H and O–H groups in total. The van der Waals surface area contributed by atoms with Gasteiger partial charge >= 0.3 is 0 Å². The molecule has 0 aromatic carbocycles. The molecule has 1 fully saturated rings. The highest BCUT2D eigenvalue weighted by molar-refractivity contribution is 7.81. The molecular weight excluding hydrogens is 118 g/mol. The Morgan fingerprint density at radius 3 is 1.86 bits per heavy atom. The lowest BCUT2D eigenvalue weighted by atomic mass is 9.94. The Bertz CT molecular complexity index is 73.8. The van der Waals surface area contributed by atoms with E-state index in [0.29, 0.717) is 0 Å². The molecule has 42 valence electrons. The van der Waals surface area contributed by atoms with Gasteiger partial charge in [-0.2, -0.15) is 12.6 Å². The molecule has 0 heterocycles. The third-order valence-electron chi connectivity index (χ3n) is 1.07. The van der Waals surface area contributed by atoms with E-state index < -0.39 is 5.92 Å². The second-order valence-corrected chi connectivity index (χ2v) is 2.65. The van der Waals surface area contributed by atoms with Gasteiger partial charge in [-0.15, -0.1) is 0 Å². The minimum Gasteiger partial charge on any atom is -0.207 e. The Kier molecular flexibility index (Phi) is 1.02. The molecule has 0 aliphatic heterocycles. The maximum absolute atomic E-state index is 11.7. The number of alkyl halides is 2. The molecule has 1 saturated carbocycles. The summed E-state index contributed by atoms with van der Waals surface area (Å²) in [7, 11) is 0. The minimum absolute atomic E-state index is 0.0316. The summed E-state index contributed by atoms with van der Waals surface area (Å²) >= 11 is 3.82. The van der Waals surface area contributed by atoms with Crippen LogP contribution in [0.25, 0.3) is 0 Å². The van der Waals surface area contributed by atoms with Crippen molar-refractivity contribution in [2.45, 2.75) is 24.0 Å². The van der Waals surface area contributed by atoms with Crippen LogP contribution in [-0.2, 0) is 0 Å². The third kappa shape index (κ3) is 1.06. The zero-order valence-electron chi connectivity index (χ0n) is 3.69. The Hall–Kier alpha value is 0.210. The summed E-state index contributed by atoms with van der Waals surface area (Å²) in [5.41, 5.74) is 0. The molecule has 0 spiro atoms. The largest absolute Gasteiger partial charge is 0.250 e. The van der Waals surface area contributed by atoms with Gasteiger partial charge in [0.25, 0.3) is 0 Å². The summed E-state index contributed by atoms with van der Waals surface area (Å²) in [5.74, 6) is -2.38. The number of halogens is 2. The highest BCUT2D eigenvalue weighted by atomic mass is 32.1. The Balaban J connectivity index is 2.29. The fourth-order valence-electron chi connectivity index (χ4n) is 0.630. The molecule has 1 aliphatic carbocycles. The quantitative estimate of drug-likeness (QED) is 0.467. The van der Waals surface area contributed by atoms with Crippen molar-refractivity contribution in [2.24, 2.45) is 0 Å². The average Bonchev–Trinajstić information content (AvgIpc) is 1.27. The SMILES string of the molecule is FC1(F)CC(S)C1. The zero-order chi connectivity index (χ0) is 5.49. The van der Waals surface area contributed by atoms with Gasteiger partial charge in [0.2, 0.25) is 5.92 Å². The van der Waals surface area contributed by atoms with E-state index >= 15 is 0 Å². The van der Waals surface area contributed by atoms with Crippen LogP contribution in [-0.4, -0.2) is 11.2 Å².